The van der Waals surface area contributed by atoms with Gasteiger partial charge in [0.15, 0.2) is 11.6 Å². The minimum Gasteiger partial charge on any atom is -0.342 e. The van der Waals surface area contributed by atoms with E-state index in [9.17, 15) is 14.4 Å². The molecule has 1 aromatic heterocycles. The van der Waals surface area contributed by atoms with Crippen molar-refractivity contribution in [1.82, 2.24) is 4.98 Å². The molecule has 0 aromatic carbocycles. The molecular formula is C18H19ClFN3O2. The Morgan fingerprint density at radius 2 is 2.00 bits per heavy atom. The van der Waals surface area contributed by atoms with Crippen LogP contribution in [0.25, 0.3) is 0 Å². The lowest BCUT2D eigenvalue weighted by atomic mass is 9.65. The second kappa shape index (κ2) is 6.45. The minimum absolute atomic E-state index is 0.0134. The highest BCUT2D eigenvalue weighted by atomic mass is 35.5. The zero-order chi connectivity index (χ0) is 17.6. The number of nitrogens with zero attached hydrogens (tertiary/aromatic N) is 2. The summed E-state index contributed by atoms with van der Waals surface area (Å²) in [6, 6.07) is 1.92. The molecule has 1 heterocycles. The molecule has 0 amide bonds. The summed E-state index contributed by atoms with van der Waals surface area (Å²) in [7, 11) is 0. The van der Waals surface area contributed by atoms with Crippen LogP contribution in [-0.4, -0.2) is 11.0 Å². The van der Waals surface area contributed by atoms with Crippen molar-refractivity contribution < 1.29 is 14.0 Å². The van der Waals surface area contributed by atoms with Crippen molar-refractivity contribution in [2.45, 2.75) is 50.9 Å². The zero-order valence-corrected chi connectivity index (χ0v) is 14.5. The van der Waals surface area contributed by atoms with Gasteiger partial charge in [-0.15, -0.1) is 0 Å². The molecule has 1 atom stereocenters. The standard InChI is InChI=1S/C18H19ClFN3O2/c19-16-13(8-21)14(11-5-6-11)15(20)17(22-16)23-25-18(24)12-7-9-1-3-10(12)4-2-9/h9-12H,1-7H2,(H,22,23). The van der Waals surface area contributed by atoms with E-state index in [1.54, 1.807) is 0 Å². The molecule has 1 unspecified atom stereocenters. The molecule has 25 heavy (non-hydrogen) atoms. The quantitative estimate of drug-likeness (QED) is 0.637. The average molecular weight is 364 g/mol. The van der Waals surface area contributed by atoms with E-state index in [-0.39, 0.29) is 39.9 Å². The second-order valence-electron chi connectivity index (χ2n) is 7.39. The summed E-state index contributed by atoms with van der Waals surface area (Å²) in [5, 5.41) is 9.12. The van der Waals surface area contributed by atoms with Crippen LogP contribution in [0.5, 0.6) is 0 Å². The molecule has 7 heteroatoms. The van der Waals surface area contributed by atoms with E-state index in [0.29, 0.717) is 11.8 Å². The number of aromatic nitrogens is 1. The first-order chi connectivity index (χ1) is 12.1. The van der Waals surface area contributed by atoms with Crippen LogP contribution in [0.2, 0.25) is 5.15 Å². The minimum atomic E-state index is -0.651. The van der Waals surface area contributed by atoms with Gasteiger partial charge in [0.05, 0.1) is 11.5 Å². The maximum Gasteiger partial charge on any atom is 0.335 e. The molecule has 0 spiro atoms. The number of carbonyl (C=O) groups is 1. The Hall–Kier alpha value is -1.87. The Bertz CT molecular complexity index is 752. The lowest BCUT2D eigenvalue weighted by Gasteiger charge is -2.40. The van der Waals surface area contributed by atoms with Gasteiger partial charge in [-0.2, -0.15) is 10.7 Å². The van der Waals surface area contributed by atoms with Crippen molar-refractivity contribution in [3.05, 3.63) is 22.1 Å². The molecule has 0 radical (unpaired) electrons. The van der Waals surface area contributed by atoms with Crippen molar-refractivity contribution >= 4 is 23.4 Å². The SMILES string of the molecule is N#Cc1c(Cl)nc(NOC(=O)C2CC3CCC2CC3)c(F)c1C1CC1. The molecule has 1 aromatic rings. The van der Waals surface area contributed by atoms with E-state index in [1.807, 2.05) is 6.07 Å². The third kappa shape index (κ3) is 3.06. The number of halogens is 2. The van der Waals surface area contributed by atoms with Gasteiger partial charge in [0.1, 0.15) is 11.2 Å². The molecular weight excluding hydrogens is 345 g/mol. The summed E-state index contributed by atoms with van der Waals surface area (Å²) in [4.78, 5) is 21.4. The van der Waals surface area contributed by atoms with Gasteiger partial charge in [0.2, 0.25) is 0 Å². The van der Waals surface area contributed by atoms with E-state index >= 15 is 0 Å². The van der Waals surface area contributed by atoms with Gasteiger partial charge in [-0.1, -0.05) is 24.4 Å². The lowest BCUT2D eigenvalue weighted by Crippen LogP contribution is -2.37. The molecule has 5 rings (SSSR count). The van der Waals surface area contributed by atoms with Crippen LogP contribution in [-0.2, 0) is 9.63 Å². The number of pyridine rings is 1. The number of nitrogens with one attached hydrogen (secondary N) is 1. The summed E-state index contributed by atoms with van der Waals surface area (Å²) in [6.07, 6.45) is 6.98. The first-order valence-electron chi connectivity index (χ1n) is 8.84. The Morgan fingerprint density at radius 1 is 1.28 bits per heavy atom. The Morgan fingerprint density at radius 3 is 2.56 bits per heavy atom. The third-order valence-corrected chi connectivity index (χ3v) is 6.10. The lowest BCUT2D eigenvalue weighted by molar-refractivity contribution is -0.151. The number of anilines is 1. The number of rotatable bonds is 4. The Labute approximate surface area is 150 Å². The monoisotopic (exact) mass is 363 g/mol. The van der Waals surface area contributed by atoms with Crippen molar-refractivity contribution in [3.63, 3.8) is 0 Å². The summed E-state index contributed by atoms with van der Waals surface area (Å²) >= 11 is 6.01. The largest absolute Gasteiger partial charge is 0.342 e. The summed E-state index contributed by atoms with van der Waals surface area (Å²) in [5.74, 6) is -0.405. The smallest absolute Gasteiger partial charge is 0.335 e. The second-order valence-corrected chi connectivity index (χ2v) is 7.74. The molecule has 132 valence electrons. The maximum absolute atomic E-state index is 14.7. The van der Waals surface area contributed by atoms with Gasteiger partial charge in [0, 0.05) is 5.56 Å². The average Bonchev–Trinajstić information content (AvgIpc) is 3.47. The van der Waals surface area contributed by atoms with Crippen LogP contribution < -0.4 is 5.48 Å². The molecule has 0 aliphatic heterocycles. The van der Waals surface area contributed by atoms with Gasteiger partial charge in [-0.3, -0.25) is 0 Å². The Kier molecular flexibility index (Phi) is 4.28. The van der Waals surface area contributed by atoms with Gasteiger partial charge in [-0.25, -0.2) is 14.2 Å². The fourth-order valence-corrected chi connectivity index (χ4v) is 4.55. The molecule has 4 aliphatic rings. The van der Waals surface area contributed by atoms with Crippen LogP contribution in [0.15, 0.2) is 0 Å². The molecule has 5 nitrogen and oxygen atoms in total. The van der Waals surface area contributed by atoms with E-state index in [1.165, 1.54) is 12.8 Å². The molecule has 4 saturated carbocycles. The van der Waals surface area contributed by atoms with Crippen LogP contribution in [0.3, 0.4) is 0 Å². The summed E-state index contributed by atoms with van der Waals surface area (Å²) in [5.41, 5.74) is 2.70. The van der Waals surface area contributed by atoms with Gasteiger partial charge in [0.25, 0.3) is 0 Å². The third-order valence-electron chi connectivity index (χ3n) is 5.83. The fraction of sp³-hybridized carbons (Fsp3) is 0.611. The van der Waals surface area contributed by atoms with Gasteiger partial charge >= 0.3 is 5.97 Å². The van der Waals surface area contributed by atoms with Crippen molar-refractivity contribution in [1.29, 1.82) is 5.26 Å². The van der Waals surface area contributed by atoms with Crippen molar-refractivity contribution in [3.8, 4) is 6.07 Å². The van der Waals surface area contributed by atoms with Crippen LogP contribution in [0.4, 0.5) is 10.2 Å². The predicted molar refractivity (Wildman–Crippen MR) is 89.2 cm³/mol. The summed E-state index contributed by atoms with van der Waals surface area (Å²) < 4.78 is 14.7. The van der Waals surface area contributed by atoms with E-state index in [0.717, 1.165) is 32.1 Å². The van der Waals surface area contributed by atoms with Crippen LogP contribution >= 0.6 is 11.6 Å². The first kappa shape index (κ1) is 16.6. The Balaban J connectivity index is 1.50. The number of fused-ring (bicyclic) bond motifs is 3. The van der Waals surface area contributed by atoms with E-state index in [4.69, 9.17) is 16.4 Å². The van der Waals surface area contributed by atoms with Crippen LogP contribution in [0, 0.1) is 34.9 Å². The van der Waals surface area contributed by atoms with Gasteiger partial charge < -0.3 is 4.84 Å². The molecule has 2 bridgehead atoms. The number of nitriles is 1. The number of carbonyl (C=O) groups excluding carboxylic acids is 1. The zero-order valence-electron chi connectivity index (χ0n) is 13.7. The molecule has 4 aliphatic carbocycles. The van der Waals surface area contributed by atoms with E-state index < -0.39 is 5.82 Å². The van der Waals surface area contributed by atoms with Crippen molar-refractivity contribution in [2.75, 3.05) is 5.48 Å². The normalized spacial score (nSPS) is 27.6. The highest BCUT2D eigenvalue weighted by molar-refractivity contribution is 6.30. The number of hydrogen-bond acceptors (Lipinski definition) is 5. The van der Waals surface area contributed by atoms with Gasteiger partial charge in [-0.05, 0) is 49.9 Å². The fourth-order valence-electron chi connectivity index (χ4n) is 4.32. The molecule has 4 fully saturated rings. The topological polar surface area (TPSA) is 75.0 Å². The summed E-state index contributed by atoms with van der Waals surface area (Å²) in [6.45, 7) is 0. The molecule has 0 saturated heterocycles. The van der Waals surface area contributed by atoms with Crippen molar-refractivity contribution in [2.24, 2.45) is 17.8 Å². The maximum atomic E-state index is 14.7. The highest BCUT2D eigenvalue weighted by Gasteiger charge is 2.41. The predicted octanol–water partition coefficient (Wildman–Crippen LogP) is 4.32. The molecule has 1 N–H and O–H groups in total. The van der Waals surface area contributed by atoms with Crippen LogP contribution in [0.1, 0.15) is 62.0 Å². The highest BCUT2D eigenvalue weighted by Crippen LogP contribution is 2.46. The van der Waals surface area contributed by atoms with E-state index in [2.05, 4.69) is 10.5 Å². The number of hydrogen-bond donors (Lipinski definition) is 1. The first-order valence-corrected chi connectivity index (χ1v) is 9.22.